The van der Waals surface area contributed by atoms with Gasteiger partial charge in [-0.25, -0.2) is 4.98 Å². The molecule has 0 fully saturated rings. The molecular weight excluding hydrogens is 298 g/mol. The van der Waals surface area contributed by atoms with Gasteiger partial charge < -0.3 is 10.2 Å². The molecule has 0 amide bonds. The van der Waals surface area contributed by atoms with Crippen LogP contribution in [0.15, 0.2) is 9.98 Å². The number of rotatable bonds is 8. The lowest BCUT2D eigenvalue weighted by molar-refractivity contribution is 0.295. The van der Waals surface area contributed by atoms with Gasteiger partial charge in [-0.3, -0.25) is 0 Å². The van der Waals surface area contributed by atoms with Crippen molar-refractivity contribution < 1.29 is 0 Å². The monoisotopic (exact) mass is 319 g/mol. The van der Waals surface area contributed by atoms with Crippen molar-refractivity contribution >= 4 is 32.4 Å². The summed E-state index contributed by atoms with van der Waals surface area (Å²) in [5.41, 5.74) is 0. The van der Waals surface area contributed by atoms with Crippen molar-refractivity contribution in [1.82, 2.24) is 9.88 Å². The second kappa shape index (κ2) is 8.06. The molecular formula is C12H22BrN3S. The highest BCUT2D eigenvalue weighted by atomic mass is 79.9. The van der Waals surface area contributed by atoms with Gasteiger partial charge in [0.25, 0.3) is 0 Å². The van der Waals surface area contributed by atoms with E-state index in [4.69, 9.17) is 0 Å². The summed E-state index contributed by atoms with van der Waals surface area (Å²) >= 11 is 5.01. The maximum atomic E-state index is 4.34. The SMILES string of the molecule is CCN(CC)CCCC(C)Nc1nc(Br)cs1. The maximum absolute atomic E-state index is 4.34. The molecule has 1 atom stereocenters. The topological polar surface area (TPSA) is 28.2 Å². The van der Waals surface area contributed by atoms with Crippen LogP contribution in [-0.2, 0) is 0 Å². The number of anilines is 1. The molecule has 5 heteroatoms. The van der Waals surface area contributed by atoms with Crippen LogP contribution in [0.5, 0.6) is 0 Å². The highest BCUT2D eigenvalue weighted by Crippen LogP contribution is 2.20. The molecule has 1 N–H and O–H groups in total. The number of nitrogens with zero attached hydrogens (tertiary/aromatic N) is 2. The van der Waals surface area contributed by atoms with Crippen molar-refractivity contribution in [2.45, 2.75) is 39.7 Å². The number of halogens is 1. The van der Waals surface area contributed by atoms with E-state index in [1.807, 2.05) is 5.38 Å². The molecule has 1 aromatic heterocycles. The summed E-state index contributed by atoms with van der Waals surface area (Å²) in [5.74, 6) is 0. The van der Waals surface area contributed by atoms with Gasteiger partial charge >= 0.3 is 0 Å². The number of hydrogen-bond acceptors (Lipinski definition) is 4. The molecule has 98 valence electrons. The zero-order valence-electron chi connectivity index (χ0n) is 10.9. The summed E-state index contributed by atoms with van der Waals surface area (Å²) in [6, 6.07) is 0.489. The smallest absolute Gasteiger partial charge is 0.183 e. The molecule has 0 spiro atoms. The molecule has 0 aromatic carbocycles. The van der Waals surface area contributed by atoms with Crippen LogP contribution < -0.4 is 5.32 Å². The average Bonchev–Trinajstić information content (AvgIpc) is 2.70. The summed E-state index contributed by atoms with van der Waals surface area (Å²) in [5, 5.41) is 6.44. The lowest BCUT2D eigenvalue weighted by atomic mass is 10.2. The first-order valence-corrected chi connectivity index (χ1v) is 7.92. The van der Waals surface area contributed by atoms with Crippen molar-refractivity contribution in [3.05, 3.63) is 9.98 Å². The minimum absolute atomic E-state index is 0.489. The second-order valence-corrected chi connectivity index (χ2v) is 5.86. The highest BCUT2D eigenvalue weighted by Gasteiger charge is 2.06. The third kappa shape index (κ3) is 5.84. The van der Waals surface area contributed by atoms with Gasteiger partial charge in [-0.2, -0.15) is 0 Å². The first kappa shape index (κ1) is 14.9. The maximum Gasteiger partial charge on any atom is 0.183 e. The van der Waals surface area contributed by atoms with Crippen molar-refractivity contribution in [1.29, 1.82) is 0 Å². The van der Waals surface area contributed by atoms with E-state index in [-0.39, 0.29) is 0 Å². The molecule has 0 aliphatic rings. The van der Waals surface area contributed by atoms with Crippen molar-refractivity contribution in [2.24, 2.45) is 0 Å². The van der Waals surface area contributed by atoms with Crippen LogP contribution >= 0.6 is 27.3 Å². The lowest BCUT2D eigenvalue weighted by Crippen LogP contribution is -2.25. The van der Waals surface area contributed by atoms with Gasteiger partial charge in [-0.1, -0.05) is 13.8 Å². The average molecular weight is 320 g/mol. The fourth-order valence-corrected chi connectivity index (χ4v) is 3.02. The van der Waals surface area contributed by atoms with Crippen molar-refractivity contribution in [3.63, 3.8) is 0 Å². The summed E-state index contributed by atoms with van der Waals surface area (Å²) in [4.78, 5) is 6.80. The van der Waals surface area contributed by atoms with Gasteiger partial charge in [0.05, 0.1) is 0 Å². The van der Waals surface area contributed by atoms with E-state index in [1.165, 1.54) is 19.4 Å². The third-order valence-corrected chi connectivity index (χ3v) is 4.33. The van der Waals surface area contributed by atoms with E-state index in [2.05, 4.69) is 51.9 Å². The first-order valence-electron chi connectivity index (χ1n) is 6.25. The Morgan fingerprint density at radius 1 is 1.47 bits per heavy atom. The molecule has 0 aliphatic heterocycles. The quantitative estimate of drug-likeness (QED) is 0.789. The van der Waals surface area contributed by atoms with Crippen LogP contribution in [-0.4, -0.2) is 35.6 Å². The third-order valence-electron chi connectivity index (χ3n) is 2.85. The summed E-state index contributed by atoms with van der Waals surface area (Å²) < 4.78 is 0.917. The first-order chi connectivity index (χ1) is 8.15. The predicted octanol–water partition coefficient (Wildman–Crippen LogP) is 3.83. The number of nitrogens with one attached hydrogen (secondary N) is 1. The Kier molecular flexibility index (Phi) is 7.08. The normalized spacial score (nSPS) is 13.0. The Hall–Kier alpha value is -0.130. The van der Waals surface area contributed by atoms with E-state index < -0.39 is 0 Å². The Morgan fingerprint density at radius 2 is 2.18 bits per heavy atom. The fraction of sp³-hybridized carbons (Fsp3) is 0.750. The van der Waals surface area contributed by atoms with Crippen molar-refractivity contribution in [2.75, 3.05) is 25.0 Å². The minimum Gasteiger partial charge on any atom is -0.359 e. The van der Waals surface area contributed by atoms with Crippen LogP contribution in [0.3, 0.4) is 0 Å². The Morgan fingerprint density at radius 3 is 2.71 bits per heavy atom. The standard InChI is InChI=1S/C12H22BrN3S/c1-4-16(5-2)8-6-7-10(3)14-12-15-11(13)9-17-12/h9-10H,4-8H2,1-3H3,(H,14,15). The zero-order valence-corrected chi connectivity index (χ0v) is 13.3. The van der Waals surface area contributed by atoms with E-state index in [1.54, 1.807) is 11.3 Å². The Balaban J connectivity index is 2.19. The van der Waals surface area contributed by atoms with Crippen LogP contribution in [0.2, 0.25) is 0 Å². The van der Waals surface area contributed by atoms with Crippen LogP contribution in [0, 0.1) is 0 Å². The largest absolute Gasteiger partial charge is 0.359 e. The molecule has 0 aliphatic carbocycles. The predicted molar refractivity (Wildman–Crippen MR) is 79.9 cm³/mol. The van der Waals surface area contributed by atoms with Gasteiger partial charge in [-0.15, -0.1) is 11.3 Å². The van der Waals surface area contributed by atoms with Gasteiger partial charge in [-0.05, 0) is 55.3 Å². The number of hydrogen-bond donors (Lipinski definition) is 1. The number of aromatic nitrogens is 1. The van der Waals surface area contributed by atoms with E-state index >= 15 is 0 Å². The fourth-order valence-electron chi connectivity index (χ4n) is 1.76. The van der Waals surface area contributed by atoms with E-state index in [0.717, 1.165) is 22.8 Å². The Bertz CT molecular complexity index is 312. The molecule has 1 aromatic rings. The van der Waals surface area contributed by atoms with Gasteiger partial charge in [0.2, 0.25) is 0 Å². The van der Waals surface area contributed by atoms with Crippen LogP contribution in [0.1, 0.15) is 33.6 Å². The van der Waals surface area contributed by atoms with E-state index in [0.29, 0.717) is 6.04 Å². The molecule has 3 nitrogen and oxygen atoms in total. The zero-order chi connectivity index (χ0) is 12.7. The highest BCUT2D eigenvalue weighted by molar-refractivity contribution is 9.10. The van der Waals surface area contributed by atoms with E-state index in [9.17, 15) is 0 Å². The van der Waals surface area contributed by atoms with Crippen LogP contribution in [0.25, 0.3) is 0 Å². The molecule has 0 saturated carbocycles. The molecule has 17 heavy (non-hydrogen) atoms. The van der Waals surface area contributed by atoms with Gasteiger partial charge in [0.1, 0.15) is 4.60 Å². The number of thiazole rings is 1. The lowest BCUT2D eigenvalue weighted by Gasteiger charge is -2.19. The van der Waals surface area contributed by atoms with Crippen LogP contribution in [0.4, 0.5) is 5.13 Å². The Labute approximate surface area is 117 Å². The minimum atomic E-state index is 0.489. The summed E-state index contributed by atoms with van der Waals surface area (Å²) in [6.07, 6.45) is 2.43. The molecule has 0 bridgehead atoms. The molecule has 1 heterocycles. The molecule has 0 saturated heterocycles. The molecule has 1 unspecified atom stereocenters. The van der Waals surface area contributed by atoms with Gasteiger partial charge in [0, 0.05) is 11.4 Å². The summed E-state index contributed by atoms with van der Waals surface area (Å²) in [6.45, 7) is 10.2. The molecule has 0 radical (unpaired) electrons. The van der Waals surface area contributed by atoms with Crippen molar-refractivity contribution in [3.8, 4) is 0 Å². The second-order valence-electron chi connectivity index (χ2n) is 4.19. The molecule has 1 rings (SSSR count). The van der Waals surface area contributed by atoms with Gasteiger partial charge in [0.15, 0.2) is 5.13 Å². The summed E-state index contributed by atoms with van der Waals surface area (Å²) in [7, 11) is 0.